The van der Waals surface area contributed by atoms with Gasteiger partial charge in [-0.3, -0.25) is 29.0 Å². The first-order valence-corrected chi connectivity index (χ1v) is 16.1. The van der Waals surface area contributed by atoms with E-state index in [-0.39, 0.29) is 43.7 Å². The number of H-pyrrole nitrogens is 1. The van der Waals surface area contributed by atoms with Gasteiger partial charge < -0.3 is 23.5 Å². The maximum atomic E-state index is 13.1. The number of esters is 4. The quantitative estimate of drug-likeness (QED) is 0.126. The summed E-state index contributed by atoms with van der Waals surface area (Å²) < 4.78 is 24.5. The largest absolute Gasteiger partial charge is 0.462 e. The van der Waals surface area contributed by atoms with Gasteiger partial charge in [0.15, 0.2) is 29.8 Å². The molecule has 0 saturated heterocycles. The van der Waals surface area contributed by atoms with E-state index in [1.54, 1.807) is 39.8 Å². The summed E-state index contributed by atoms with van der Waals surface area (Å²) >= 11 is 0. The number of aromatic amines is 1. The van der Waals surface area contributed by atoms with Crippen molar-refractivity contribution < 1.29 is 38.1 Å². The first-order valence-electron chi connectivity index (χ1n) is 16.1. The molecular formula is C33H44N4O10. The van der Waals surface area contributed by atoms with Crippen molar-refractivity contribution in [2.75, 3.05) is 6.61 Å². The van der Waals surface area contributed by atoms with Crippen molar-refractivity contribution in [1.82, 2.24) is 19.5 Å². The molecule has 14 heteroatoms. The zero-order valence-corrected chi connectivity index (χ0v) is 27.9. The molecule has 0 fully saturated rings. The summed E-state index contributed by atoms with van der Waals surface area (Å²) in [6.07, 6.45) is -2.20. The number of aromatic nitrogens is 4. The van der Waals surface area contributed by atoms with Gasteiger partial charge in [-0.1, -0.05) is 27.7 Å². The topological polar surface area (TPSA) is 186 Å². The molecule has 1 aromatic carbocycles. The summed E-state index contributed by atoms with van der Waals surface area (Å²) in [4.78, 5) is 87.4. The van der Waals surface area contributed by atoms with E-state index >= 15 is 0 Å². The van der Waals surface area contributed by atoms with Crippen LogP contribution in [0.1, 0.15) is 90.2 Å². The molecule has 0 spiro atoms. The summed E-state index contributed by atoms with van der Waals surface area (Å²) in [7, 11) is 0. The minimum Gasteiger partial charge on any atom is -0.462 e. The lowest BCUT2D eigenvalue weighted by Crippen LogP contribution is -2.49. The molecule has 0 aromatic heterocycles. The number of carbonyl (C=O) groups excluding carboxylic acids is 4. The first kappa shape index (κ1) is 36.8. The summed E-state index contributed by atoms with van der Waals surface area (Å²) in [5.74, 6) is -2.59. The number of fused-ring (bicyclic) bond motifs is 2. The van der Waals surface area contributed by atoms with Crippen molar-refractivity contribution in [1.29, 1.82) is 0 Å². The van der Waals surface area contributed by atoms with Gasteiger partial charge in [-0.25, -0.2) is 9.78 Å². The van der Waals surface area contributed by atoms with Crippen molar-refractivity contribution in [3.8, 4) is 11.5 Å². The van der Waals surface area contributed by atoms with Crippen LogP contribution in [-0.4, -0.2) is 68.3 Å². The zero-order chi connectivity index (χ0) is 34.7. The second-order valence-corrected chi connectivity index (χ2v) is 11.4. The molecule has 1 aromatic rings. The Balaban J connectivity index is 2.28. The van der Waals surface area contributed by atoms with Gasteiger partial charge in [0.05, 0.1) is 17.6 Å². The van der Waals surface area contributed by atoms with Gasteiger partial charge in [-0.2, -0.15) is 4.98 Å². The highest BCUT2D eigenvalue weighted by atomic mass is 16.6. The van der Waals surface area contributed by atoms with Crippen molar-refractivity contribution in [3.63, 3.8) is 0 Å². The summed E-state index contributed by atoms with van der Waals surface area (Å²) in [6.45, 7) is 10.1. The Morgan fingerprint density at radius 3 is 1.87 bits per heavy atom. The average molecular weight is 657 g/mol. The summed E-state index contributed by atoms with van der Waals surface area (Å²) in [6, 6.07) is 3.56. The van der Waals surface area contributed by atoms with Crippen LogP contribution in [0.4, 0.5) is 0 Å². The van der Waals surface area contributed by atoms with Crippen LogP contribution < -0.4 is 11.2 Å². The van der Waals surface area contributed by atoms with Crippen LogP contribution in [0.15, 0.2) is 21.7 Å². The summed E-state index contributed by atoms with van der Waals surface area (Å²) in [5.41, 5.74) is 0.757. The Labute approximate surface area is 272 Å². The van der Waals surface area contributed by atoms with Crippen LogP contribution in [0.5, 0.6) is 0 Å². The molecule has 0 unspecified atom stereocenters. The zero-order valence-electron chi connectivity index (χ0n) is 27.9. The van der Waals surface area contributed by atoms with E-state index in [4.69, 9.17) is 18.9 Å². The number of rotatable bonds is 17. The molecule has 0 amide bonds. The molecule has 0 bridgehead atoms. The third-order valence-electron chi connectivity index (χ3n) is 7.38. The molecule has 0 saturated carbocycles. The fraction of sp³-hybridized carbons (Fsp3) is 0.576. The van der Waals surface area contributed by atoms with E-state index in [1.807, 2.05) is 13.8 Å². The first-order chi connectivity index (χ1) is 22.4. The third-order valence-corrected chi connectivity index (χ3v) is 7.38. The number of carbonyl (C=O) groups is 4. The second kappa shape index (κ2) is 17.3. The number of hydrogen-bond donors (Lipinski definition) is 1. The molecule has 2 aliphatic heterocycles. The number of nitrogens with one attached hydrogen (secondary N) is 1. The molecule has 47 heavy (non-hydrogen) atoms. The van der Waals surface area contributed by atoms with Crippen LogP contribution >= 0.6 is 0 Å². The maximum absolute atomic E-state index is 13.1. The third kappa shape index (κ3) is 9.93. The van der Waals surface area contributed by atoms with Crippen LogP contribution in [0, 0.1) is 13.8 Å². The predicted octanol–water partition coefficient (Wildman–Crippen LogP) is 3.68. The smallest absolute Gasteiger partial charge is 0.349 e. The molecular weight excluding hydrogens is 612 g/mol. The molecule has 1 N–H and O–H groups in total. The molecule has 3 rings (SSSR count). The molecule has 0 radical (unpaired) electrons. The van der Waals surface area contributed by atoms with E-state index in [2.05, 4.69) is 15.0 Å². The number of nitrogens with zero attached hydrogens (tertiary/aromatic N) is 3. The Kier molecular flexibility index (Phi) is 13.6. The van der Waals surface area contributed by atoms with Crippen LogP contribution in [0.25, 0.3) is 22.6 Å². The Morgan fingerprint density at radius 1 is 0.745 bits per heavy atom. The van der Waals surface area contributed by atoms with Crippen molar-refractivity contribution in [2.45, 2.75) is 118 Å². The molecule has 2 aliphatic rings. The lowest BCUT2D eigenvalue weighted by molar-refractivity contribution is -0.193. The number of hydrogen-bond acceptors (Lipinski definition) is 12. The van der Waals surface area contributed by atoms with Gasteiger partial charge in [0.25, 0.3) is 5.56 Å². The molecule has 3 atom stereocenters. The van der Waals surface area contributed by atoms with Gasteiger partial charge in [0.1, 0.15) is 6.61 Å². The van der Waals surface area contributed by atoms with E-state index in [9.17, 15) is 28.8 Å². The highest BCUT2D eigenvalue weighted by Crippen LogP contribution is 2.27. The molecule has 2 heterocycles. The lowest BCUT2D eigenvalue weighted by atomic mass is 10.0. The fourth-order valence-electron chi connectivity index (χ4n) is 4.94. The van der Waals surface area contributed by atoms with Gasteiger partial charge in [0, 0.05) is 25.7 Å². The maximum Gasteiger partial charge on any atom is 0.349 e. The van der Waals surface area contributed by atoms with E-state index in [0.717, 1.165) is 11.1 Å². The van der Waals surface area contributed by atoms with Crippen LogP contribution in [-0.2, 0) is 44.7 Å². The summed E-state index contributed by atoms with van der Waals surface area (Å²) in [5, 5.41) is 0. The molecule has 0 aliphatic carbocycles. The number of aryl methyl sites for hydroxylation is 2. The van der Waals surface area contributed by atoms with E-state index in [0.29, 0.717) is 36.7 Å². The fourth-order valence-corrected chi connectivity index (χ4v) is 4.94. The van der Waals surface area contributed by atoms with Gasteiger partial charge in [-0.15, -0.1) is 0 Å². The normalized spacial score (nSPS) is 13.1. The molecule has 14 nitrogen and oxygen atoms in total. The van der Waals surface area contributed by atoms with Gasteiger partial charge in [0.2, 0.25) is 0 Å². The van der Waals surface area contributed by atoms with Crippen LogP contribution in [0.3, 0.4) is 0 Å². The highest BCUT2D eigenvalue weighted by Gasteiger charge is 2.40. The lowest BCUT2D eigenvalue weighted by Gasteiger charge is -2.33. The van der Waals surface area contributed by atoms with Crippen molar-refractivity contribution in [3.05, 3.63) is 44.1 Å². The van der Waals surface area contributed by atoms with E-state index < -0.39 is 60.0 Å². The Bertz CT molecular complexity index is 1660. The van der Waals surface area contributed by atoms with Gasteiger partial charge >= 0.3 is 29.6 Å². The molecule has 256 valence electrons. The predicted molar refractivity (Wildman–Crippen MR) is 171 cm³/mol. The Morgan fingerprint density at radius 2 is 1.28 bits per heavy atom. The highest BCUT2D eigenvalue weighted by molar-refractivity contribution is 5.81. The van der Waals surface area contributed by atoms with E-state index in [1.165, 1.54) is 4.57 Å². The Hall–Kier alpha value is -4.62. The van der Waals surface area contributed by atoms with Crippen LogP contribution in [0.2, 0.25) is 0 Å². The SMILES string of the molecule is CCCC(=O)OC[C@H](OC(=O)CCC)[C@@H](OC(=O)CCC)[C@@H](Cn1c2nc(=O)[nH]c(=O)c-2nc2cc(C)c(C)cc21)OC(=O)CCC. The van der Waals surface area contributed by atoms with Crippen molar-refractivity contribution >= 4 is 34.9 Å². The monoisotopic (exact) mass is 656 g/mol. The number of benzene rings is 1. The number of ether oxygens (including phenoxy) is 4. The van der Waals surface area contributed by atoms with Gasteiger partial charge in [-0.05, 0) is 62.8 Å². The average Bonchev–Trinajstić information content (AvgIpc) is 2.99. The standard InChI is InChI=1S/C33H44N4O10/c1-7-11-25(38)44-18-24(46-27(40)13-9-3)30(47-28(41)14-10-4)23(45-26(39)12-8-2)17-37-22-16-20(6)19(5)15-21(22)34-29-31(37)35-33(43)36-32(29)42/h15-16,23-24,30H,7-14,17-18H2,1-6H3,(H,36,42,43)/t23-,24+,30+/m1/s1. The second-order valence-electron chi connectivity index (χ2n) is 11.4. The minimum absolute atomic E-state index is 0.000577. The minimum atomic E-state index is -1.46. The van der Waals surface area contributed by atoms with Crippen molar-refractivity contribution in [2.24, 2.45) is 0 Å².